The third kappa shape index (κ3) is 5.98. The van der Waals surface area contributed by atoms with Gasteiger partial charge in [0.15, 0.2) is 11.0 Å². The Bertz CT molecular complexity index is 1060. The Kier molecular flexibility index (Phi) is 8.24. The first-order chi connectivity index (χ1) is 16.5. The standard InChI is InChI=1S/C26H34N6OS/c1-4-23(30(2)3)25-28-29-26(32(25)18-20-10-6-5-7-11-20)34-19-24(33)27-21-12-14-22(15-13-21)31-16-8-9-17-31/h5-7,10-15,23H,4,8-9,16-19H2,1-3H3,(H,27,33)/t23-/m0/s1. The number of hydrogen-bond donors (Lipinski definition) is 1. The largest absolute Gasteiger partial charge is 0.372 e. The van der Waals surface area contributed by atoms with Crippen molar-refractivity contribution in [2.75, 3.05) is 43.2 Å². The number of nitrogens with zero attached hydrogens (tertiary/aromatic N) is 5. The summed E-state index contributed by atoms with van der Waals surface area (Å²) in [4.78, 5) is 17.2. The van der Waals surface area contributed by atoms with Gasteiger partial charge in [-0.1, -0.05) is 49.0 Å². The molecule has 0 aliphatic carbocycles. The molecule has 8 heteroatoms. The summed E-state index contributed by atoms with van der Waals surface area (Å²) in [5, 5.41) is 12.8. The number of rotatable bonds is 10. The summed E-state index contributed by atoms with van der Waals surface area (Å²) in [6.07, 6.45) is 3.43. The fraction of sp³-hybridized carbons (Fsp3) is 0.423. The zero-order chi connectivity index (χ0) is 23.9. The van der Waals surface area contributed by atoms with E-state index in [0.717, 1.165) is 36.2 Å². The summed E-state index contributed by atoms with van der Waals surface area (Å²) >= 11 is 1.43. The molecule has 0 spiro atoms. The number of nitrogens with one attached hydrogen (secondary N) is 1. The maximum Gasteiger partial charge on any atom is 0.234 e. The highest BCUT2D eigenvalue weighted by Crippen LogP contribution is 2.27. The Morgan fingerprint density at radius 3 is 2.41 bits per heavy atom. The Labute approximate surface area is 206 Å². The van der Waals surface area contributed by atoms with Crippen LogP contribution in [0.5, 0.6) is 0 Å². The molecule has 1 saturated heterocycles. The molecule has 1 aliphatic rings. The predicted molar refractivity (Wildman–Crippen MR) is 140 cm³/mol. The first-order valence-electron chi connectivity index (χ1n) is 12.0. The molecule has 3 aromatic rings. The molecule has 1 aromatic heterocycles. The highest BCUT2D eigenvalue weighted by atomic mass is 32.2. The molecule has 0 radical (unpaired) electrons. The molecule has 0 bridgehead atoms. The Morgan fingerprint density at radius 2 is 1.76 bits per heavy atom. The van der Waals surface area contributed by atoms with Gasteiger partial charge in [-0.25, -0.2) is 0 Å². The van der Waals surface area contributed by atoms with E-state index in [1.165, 1.54) is 35.9 Å². The van der Waals surface area contributed by atoms with Crippen LogP contribution in [0.1, 0.15) is 43.6 Å². The predicted octanol–water partition coefficient (Wildman–Crippen LogP) is 4.67. The average molecular weight is 479 g/mol. The number of carbonyl (C=O) groups is 1. The van der Waals surface area contributed by atoms with Gasteiger partial charge in [0.05, 0.1) is 18.3 Å². The molecule has 1 atom stereocenters. The summed E-state index contributed by atoms with van der Waals surface area (Å²) in [5.74, 6) is 1.16. The van der Waals surface area contributed by atoms with E-state index < -0.39 is 0 Å². The van der Waals surface area contributed by atoms with Crippen molar-refractivity contribution in [3.05, 3.63) is 66.0 Å². The van der Waals surface area contributed by atoms with Crippen molar-refractivity contribution < 1.29 is 4.79 Å². The molecule has 1 fully saturated rings. The maximum absolute atomic E-state index is 12.7. The second-order valence-electron chi connectivity index (χ2n) is 8.88. The smallest absolute Gasteiger partial charge is 0.234 e. The van der Waals surface area contributed by atoms with Crippen molar-refractivity contribution in [1.82, 2.24) is 19.7 Å². The lowest BCUT2D eigenvalue weighted by Crippen LogP contribution is -2.23. The summed E-state index contributed by atoms with van der Waals surface area (Å²) in [7, 11) is 4.12. The Morgan fingerprint density at radius 1 is 1.06 bits per heavy atom. The lowest BCUT2D eigenvalue weighted by molar-refractivity contribution is -0.113. The van der Waals surface area contributed by atoms with Crippen molar-refractivity contribution in [2.45, 2.75) is 43.9 Å². The van der Waals surface area contributed by atoms with E-state index in [0.29, 0.717) is 6.54 Å². The number of hydrogen-bond acceptors (Lipinski definition) is 6. The van der Waals surface area contributed by atoms with Gasteiger partial charge >= 0.3 is 0 Å². The minimum absolute atomic E-state index is 0.0469. The molecule has 0 unspecified atom stereocenters. The van der Waals surface area contributed by atoms with Crippen LogP contribution in [0.2, 0.25) is 0 Å². The van der Waals surface area contributed by atoms with Crippen LogP contribution in [-0.2, 0) is 11.3 Å². The third-order valence-corrected chi connectivity index (χ3v) is 7.16. The van der Waals surface area contributed by atoms with Crippen LogP contribution in [0.15, 0.2) is 59.8 Å². The fourth-order valence-electron chi connectivity index (χ4n) is 4.40. The minimum atomic E-state index is -0.0469. The van der Waals surface area contributed by atoms with Gasteiger partial charge in [-0.2, -0.15) is 0 Å². The van der Waals surface area contributed by atoms with Crippen LogP contribution in [0, 0.1) is 0 Å². The number of thioether (sulfide) groups is 1. The van der Waals surface area contributed by atoms with Crippen molar-refractivity contribution in [3.63, 3.8) is 0 Å². The molecule has 0 saturated carbocycles. The van der Waals surface area contributed by atoms with Crippen LogP contribution in [0.4, 0.5) is 11.4 Å². The monoisotopic (exact) mass is 478 g/mol. The molecule has 4 rings (SSSR count). The van der Waals surface area contributed by atoms with Gasteiger partial charge in [-0.3, -0.25) is 9.69 Å². The molecular formula is C26H34N6OS. The number of aromatic nitrogens is 3. The topological polar surface area (TPSA) is 66.3 Å². The van der Waals surface area contributed by atoms with Gasteiger partial charge in [0.1, 0.15) is 0 Å². The van der Waals surface area contributed by atoms with Crippen LogP contribution >= 0.6 is 11.8 Å². The zero-order valence-electron chi connectivity index (χ0n) is 20.3. The van der Waals surface area contributed by atoms with Crippen molar-refractivity contribution in [3.8, 4) is 0 Å². The number of anilines is 2. The number of carbonyl (C=O) groups excluding carboxylic acids is 1. The van der Waals surface area contributed by atoms with Crippen molar-refractivity contribution in [2.24, 2.45) is 0 Å². The molecule has 34 heavy (non-hydrogen) atoms. The summed E-state index contributed by atoms with van der Waals surface area (Å²) in [6.45, 7) is 5.05. The van der Waals surface area contributed by atoms with E-state index in [1.54, 1.807) is 0 Å². The lowest BCUT2D eigenvalue weighted by atomic mass is 10.2. The molecule has 7 nitrogen and oxygen atoms in total. The molecule has 1 aliphatic heterocycles. The highest BCUT2D eigenvalue weighted by Gasteiger charge is 2.22. The summed E-state index contributed by atoms with van der Waals surface area (Å²) in [6, 6.07) is 18.6. The van der Waals surface area contributed by atoms with E-state index in [9.17, 15) is 4.79 Å². The minimum Gasteiger partial charge on any atom is -0.372 e. The highest BCUT2D eigenvalue weighted by molar-refractivity contribution is 7.99. The molecule has 1 N–H and O–H groups in total. The van der Waals surface area contributed by atoms with Gasteiger partial charge in [-0.05, 0) is 63.2 Å². The first kappa shape index (κ1) is 24.3. The average Bonchev–Trinajstić information content (AvgIpc) is 3.51. The second-order valence-corrected chi connectivity index (χ2v) is 9.82. The third-order valence-electron chi connectivity index (χ3n) is 6.19. The molecule has 180 valence electrons. The molecular weight excluding hydrogens is 444 g/mol. The van der Waals surface area contributed by atoms with E-state index in [2.05, 4.69) is 75.2 Å². The number of benzene rings is 2. The van der Waals surface area contributed by atoms with E-state index in [4.69, 9.17) is 0 Å². The van der Waals surface area contributed by atoms with Crippen LogP contribution in [0.25, 0.3) is 0 Å². The quantitative estimate of drug-likeness (QED) is 0.427. The fourth-order valence-corrected chi connectivity index (χ4v) is 5.15. The van der Waals surface area contributed by atoms with E-state index in [1.807, 2.05) is 30.3 Å². The zero-order valence-corrected chi connectivity index (χ0v) is 21.1. The molecule has 2 aromatic carbocycles. The Balaban J connectivity index is 1.43. The van der Waals surface area contributed by atoms with E-state index in [-0.39, 0.29) is 17.7 Å². The number of amides is 1. The lowest BCUT2D eigenvalue weighted by Gasteiger charge is -2.23. The Hall–Kier alpha value is -2.84. The van der Waals surface area contributed by atoms with Gasteiger partial charge < -0.3 is 14.8 Å². The van der Waals surface area contributed by atoms with Crippen LogP contribution in [0.3, 0.4) is 0 Å². The maximum atomic E-state index is 12.7. The van der Waals surface area contributed by atoms with Crippen molar-refractivity contribution in [1.29, 1.82) is 0 Å². The van der Waals surface area contributed by atoms with Crippen LogP contribution in [-0.4, -0.2) is 58.5 Å². The normalized spacial score (nSPS) is 14.5. The van der Waals surface area contributed by atoms with Gasteiger partial charge in [0.25, 0.3) is 0 Å². The summed E-state index contributed by atoms with van der Waals surface area (Å²) in [5.41, 5.74) is 3.22. The van der Waals surface area contributed by atoms with Gasteiger partial charge in [-0.15, -0.1) is 10.2 Å². The van der Waals surface area contributed by atoms with E-state index >= 15 is 0 Å². The summed E-state index contributed by atoms with van der Waals surface area (Å²) < 4.78 is 2.15. The van der Waals surface area contributed by atoms with Crippen molar-refractivity contribution >= 4 is 29.0 Å². The second kappa shape index (κ2) is 11.5. The molecule has 2 heterocycles. The van der Waals surface area contributed by atoms with Gasteiger partial charge in [0, 0.05) is 24.5 Å². The SMILES string of the molecule is CC[C@@H](c1nnc(SCC(=O)Nc2ccc(N3CCCC3)cc2)n1Cc1ccccc1)N(C)C. The van der Waals surface area contributed by atoms with Crippen LogP contribution < -0.4 is 10.2 Å². The first-order valence-corrected chi connectivity index (χ1v) is 12.9. The van der Waals surface area contributed by atoms with Gasteiger partial charge in [0.2, 0.25) is 5.91 Å². The molecule has 1 amide bonds.